The van der Waals surface area contributed by atoms with Crippen molar-refractivity contribution in [3.8, 4) is 0 Å². The Balaban J connectivity index is 2.30. The van der Waals surface area contributed by atoms with E-state index in [1.165, 1.54) is 0 Å². The minimum atomic E-state index is -1.06. The van der Waals surface area contributed by atoms with Gasteiger partial charge in [-0.3, -0.25) is 45.1 Å². The normalized spacial score (nSPS) is 10.6. The molecule has 0 saturated heterocycles. The Morgan fingerprint density at radius 2 is 1.38 bits per heavy atom. The van der Waals surface area contributed by atoms with Crippen LogP contribution in [0, 0.1) is 45.7 Å². The van der Waals surface area contributed by atoms with Crippen molar-refractivity contribution in [2.24, 2.45) is 0 Å². The second-order valence-electron chi connectivity index (χ2n) is 5.31. The van der Waals surface area contributed by atoms with Gasteiger partial charge >= 0.3 is 16.9 Å². The summed E-state index contributed by atoms with van der Waals surface area (Å²) in [6, 6.07) is 2.77. The first kappa shape index (κ1) is 18.8. The molecule has 1 heterocycles. The number of nitrogens with one attached hydrogen (secondary N) is 1. The molecule has 17 heteroatoms. The lowest BCUT2D eigenvalue weighted by atomic mass is 10.1. The summed E-state index contributed by atoms with van der Waals surface area (Å²) in [6.45, 7) is 0. The van der Waals surface area contributed by atoms with E-state index in [0.29, 0.717) is 12.1 Å². The third kappa shape index (κ3) is 3.25. The second kappa shape index (κ2) is 6.64. The topological polar surface area (TPSA) is 238 Å². The maximum Gasteiger partial charge on any atom is 0.334 e. The molecule has 0 aliphatic carbocycles. The molecule has 0 aliphatic heterocycles. The van der Waals surface area contributed by atoms with Crippen molar-refractivity contribution in [3.63, 3.8) is 0 Å². The number of benzene rings is 2. The first-order valence-corrected chi connectivity index (χ1v) is 7.16. The van der Waals surface area contributed by atoms with E-state index in [9.17, 15) is 45.7 Å². The van der Waals surface area contributed by atoms with Gasteiger partial charge in [0.05, 0.1) is 36.6 Å². The number of nitrogens with zero attached hydrogens (tertiary/aromatic N) is 6. The predicted molar refractivity (Wildman–Crippen MR) is 89.3 cm³/mol. The monoisotopic (exact) mass is 407 g/mol. The van der Waals surface area contributed by atoms with E-state index in [1.54, 1.807) is 0 Å². The molecule has 0 aliphatic rings. The molecule has 1 N–H and O–H groups in total. The lowest BCUT2D eigenvalue weighted by Gasteiger charge is -2.07. The van der Waals surface area contributed by atoms with Gasteiger partial charge in [-0.05, 0) is 4.90 Å². The third-order valence-corrected chi connectivity index (χ3v) is 3.61. The second-order valence-corrected chi connectivity index (χ2v) is 5.31. The Kier molecular flexibility index (Phi) is 4.31. The molecule has 2 aromatic carbocycles. The van der Waals surface area contributed by atoms with Crippen molar-refractivity contribution in [1.29, 1.82) is 0 Å². The summed E-state index contributed by atoms with van der Waals surface area (Å²) in [4.78, 5) is 40.2. The Bertz CT molecular complexity index is 1190. The Labute approximate surface area is 155 Å². The molecule has 17 nitrogen and oxygen atoms in total. The molecule has 0 radical (unpaired) electrons. The fraction of sp³-hybridized carbons (Fsp3) is 0. The number of aromatic nitrogens is 2. The highest BCUT2D eigenvalue weighted by atomic mass is 16.8. The number of rotatable bonds is 6. The number of non-ortho nitro benzene ring substituents is 3. The van der Waals surface area contributed by atoms with E-state index in [1.807, 2.05) is 0 Å². The zero-order valence-corrected chi connectivity index (χ0v) is 13.6. The van der Waals surface area contributed by atoms with E-state index >= 15 is 0 Å². The number of nitro groups is 4. The summed E-state index contributed by atoms with van der Waals surface area (Å²) >= 11 is 0. The Hall–Kier alpha value is -4.96. The molecule has 0 fully saturated rings. The maximum absolute atomic E-state index is 11.9. The minimum Gasteiger partial charge on any atom is -0.359 e. The van der Waals surface area contributed by atoms with E-state index < -0.39 is 59.2 Å². The molecule has 1 aromatic heterocycles. The Morgan fingerprint density at radius 1 is 0.828 bits per heavy atom. The number of hydrogen-bond acceptors (Lipinski definition) is 12. The van der Waals surface area contributed by atoms with Crippen LogP contribution in [0.15, 0.2) is 28.9 Å². The number of nitro benzene ring substituents is 4. The van der Waals surface area contributed by atoms with Gasteiger partial charge in [0.15, 0.2) is 5.69 Å². The first-order valence-electron chi connectivity index (χ1n) is 7.16. The molecule has 3 aromatic rings. The highest BCUT2D eigenvalue weighted by Gasteiger charge is 2.34. The SMILES string of the molecule is O=[N+]([O-])c1cc(Nc2c([N+](=O)[O-])cc([N+](=O)[O-])c3no[n+]([O-])c23)cc([N+](=O)[O-])c1. The molecule has 0 atom stereocenters. The molecule has 0 bridgehead atoms. The van der Waals surface area contributed by atoms with Gasteiger partial charge in [0.2, 0.25) is 0 Å². The zero-order valence-electron chi connectivity index (χ0n) is 13.6. The van der Waals surface area contributed by atoms with Crippen molar-refractivity contribution < 1.29 is 29.2 Å². The highest BCUT2D eigenvalue weighted by molar-refractivity contribution is 5.98. The first-order chi connectivity index (χ1) is 13.6. The van der Waals surface area contributed by atoms with Gasteiger partial charge in [0.25, 0.3) is 16.9 Å². The predicted octanol–water partition coefficient (Wildman–Crippen LogP) is 1.84. The van der Waals surface area contributed by atoms with E-state index in [-0.39, 0.29) is 10.6 Å². The highest BCUT2D eigenvalue weighted by Crippen LogP contribution is 2.39. The van der Waals surface area contributed by atoms with Crippen LogP contribution < -0.4 is 10.2 Å². The molecule has 0 saturated carbocycles. The van der Waals surface area contributed by atoms with Crippen LogP contribution in [-0.2, 0) is 0 Å². The van der Waals surface area contributed by atoms with Gasteiger partial charge in [-0.15, -0.1) is 0 Å². The molecular weight excluding hydrogens is 402 g/mol. The average Bonchev–Trinajstić information content (AvgIpc) is 3.03. The van der Waals surface area contributed by atoms with Crippen molar-refractivity contribution in [1.82, 2.24) is 5.16 Å². The lowest BCUT2D eigenvalue weighted by Crippen LogP contribution is -2.24. The van der Waals surface area contributed by atoms with Crippen molar-refractivity contribution >= 4 is 45.2 Å². The van der Waals surface area contributed by atoms with Crippen LogP contribution >= 0.6 is 0 Å². The summed E-state index contributed by atoms with van der Waals surface area (Å²) in [5.41, 5.74) is -5.73. The smallest absolute Gasteiger partial charge is 0.334 e. The number of anilines is 2. The molecule has 3 rings (SSSR count). The minimum absolute atomic E-state index is 0.344. The Morgan fingerprint density at radius 3 is 1.86 bits per heavy atom. The van der Waals surface area contributed by atoms with Crippen LogP contribution in [0.2, 0.25) is 0 Å². The molecular formula is C12H5N7O10. The standard InChI is InChI=1S/C12H5N7O10/c20-15(21)6-1-5(2-7(3-6)16(22)23)13-10-8(17(24)25)4-9(18(26)27)11-12(10)19(28)29-14-11/h1-4,13H. The van der Waals surface area contributed by atoms with Crippen LogP contribution in [0.3, 0.4) is 0 Å². The van der Waals surface area contributed by atoms with Crippen molar-refractivity contribution in [2.75, 3.05) is 5.32 Å². The third-order valence-electron chi connectivity index (χ3n) is 3.61. The quantitative estimate of drug-likeness (QED) is 0.349. The van der Waals surface area contributed by atoms with Gasteiger partial charge < -0.3 is 10.5 Å². The lowest BCUT2D eigenvalue weighted by molar-refractivity contribution is -0.782. The summed E-state index contributed by atoms with van der Waals surface area (Å²) in [5.74, 6) is 0. The number of fused-ring (bicyclic) bond motifs is 1. The fourth-order valence-corrected chi connectivity index (χ4v) is 2.45. The summed E-state index contributed by atoms with van der Waals surface area (Å²) in [5, 5.41) is 61.8. The van der Waals surface area contributed by atoms with Gasteiger partial charge in [0.1, 0.15) is 6.07 Å². The van der Waals surface area contributed by atoms with Crippen LogP contribution in [0.1, 0.15) is 0 Å². The van der Waals surface area contributed by atoms with Gasteiger partial charge in [-0.1, -0.05) is 0 Å². The van der Waals surface area contributed by atoms with Crippen LogP contribution in [0.25, 0.3) is 11.0 Å². The van der Waals surface area contributed by atoms with E-state index in [0.717, 1.165) is 12.1 Å². The molecule has 29 heavy (non-hydrogen) atoms. The molecule has 0 spiro atoms. The molecule has 148 valence electrons. The van der Waals surface area contributed by atoms with Gasteiger partial charge in [0, 0.05) is 12.1 Å². The molecule has 0 unspecified atom stereocenters. The number of hydrogen-bond donors (Lipinski definition) is 1. The van der Waals surface area contributed by atoms with E-state index in [4.69, 9.17) is 0 Å². The maximum atomic E-state index is 11.9. The summed E-state index contributed by atoms with van der Waals surface area (Å²) in [6.07, 6.45) is 0. The van der Waals surface area contributed by atoms with Crippen LogP contribution in [0.5, 0.6) is 0 Å². The van der Waals surface area contributed by atoms with Crippen molar-refractivity contribution in [2.45, 2.75) is 0 Å². The van der Waals surface area contributed by atoms with Crippen LogP contribution in [-0.4, -0.2) is 24.8 Å². The summed E-state index contributed by atoms with van der Waals surface area (Å²) in [7, 11) is 0. The van der Waals surface area contributed by atoms with E-state index in [2.05, 4.69) is 15.1 Å². The van der Waals surface area contributed by atoms with Crippen LogP contribution in [0.4, 0.5) is 34.1 Å². The average molecular weight is 407 g/mol. The molecule has 0 amide bonds. The fourth-order valence-electron chi connectivity index (χ4n) is 2.45. The van der Waals surface area contributed by atoms with Gasteiger partial charge in [-0.2, -0.15) is 0 Å². The van der Waals surface area contributed by atoms with Gasteiger partial charge in [-0.25, -0.2) is 0 Å². The summed E-state index contributed by atoms with van der Waals surface area (Å²) < 4.78 is 4.27. The zero-order chi connectivity index (χ0) is 21.5. The van der Waals surface area contributed by atoms with Crippen molar-refractivity contribution in [3.05, 3.63) is 69.9 Å². The largest absolute Gasteiger partial charge is 0.359 e.